The van der Waals surface area contributed by atoms with E-state index in [1.165, 1.54) is 0 Å². The summed E-state index contributed by atoms with van der Waals surface area (Å²) in [4.78, 5) is 0. The maximum absolute atomic E-state index is 5.29. The largest absolute Gasteiger partial charge is 0.494 e. The molecule has 3 nitrogen and oxygen atoms in total. The van der Waals surface area contributed by atoms with E-state index in [0.717, 1.165) is 11.3 Å². The molecule has 0 saturated carbocycles. The lowest BCUT2D eigenvalue weighted by molar-refractivity contribution is 0.298. The van der Waals surface area contributed by atoms with Crippen molar-refractivity contribution in [2.24, 2.45) is 0 Å². The molecule has 0 radical (unpaired) electrons. The highest BCUT2D eigenvalue weighted by molar-refractivity contribution is 5.58. The third-order valence-corrected chi connectivity index (χ3v) is 1.70. The second-order valence-electron chi connectivity index (χ2n) is 2.64. The number of rotatable bonds is 5. The third kappa shape index (κ3) is 2.36. The van der Waals surface area contributed by atoms with Crippen molar-refractivity contribution in [1.82, 2.24) is 5.32 Å². The van der Waals surface area contributed by atoms with E-state index in [1.54, 1.807) is 6.26 Å². The van der Waals surface area contributed by atoms with E-state index in [0.29, 0.717) is 18.9 Å². The fourth-order valence-electron chi connectivity index (χ4n) is 1.14. The average Bonchev–Trinajstić information content (AvgIpc) is 2.54. The van der Waals surface area contributed by atoms with Gasteiger partial charge in [-0.3, -0.25) is 0 Å². The van der Waals surface area contributed by atoms with Gasteiger partial charge in [-0.15, -0.1) is 0 Å². The van der Waals surface area contributed by atoms with Gasteiger partial charge in [0.2, 0.25) is 0 Å². The van der Waals surface area contributed by atoms with E-state index in [9.17, 15) is 0 Å². The Labute approximate surface area is 78.4 Å². The average molecular weight is 181 g/mol. The van der Waals surface area contributed by atoms with Gasteiger partial charge in [0.15, 0.2) is 0 Å². The normalized spacial score (nSPS) is 10.0. The summed E-state index contributed by atoms with van der Waals surface area (Å²) >= 11 is 0. The smallest absolute Gasteiger partial charge is 0.128 e. The maximum Gasteiger partial charge on any atom is 0.128 e. The fourth-order valence-corrected chi connectivity index (χ4v) is 1.14. The molecule has 0 fully saturated rings. The number of hydrogen-bond donors (Lipinski definition) is 1. The monoisotopic (exact) mass is 181 g/mol. The molecular formula is C10H15NO2. The van der Waals surface area contributed by atoms with Gasteiger partial charge in [0.05, 0.1) is 25.0 Å². The highest BCUT2D eigenvalue weighted by Gasteiger charge is 2.08. The summed E-state index contributed by atoms with van der Waals surface area (Å²) in [5.41, 5.74) is 0.941. The fraction of sp³-hybridized carbons (Fsp3) is 0.400. The quantitative estimate of drug-likeness (QED) is 0.705. The van der Waals surface area contributed by atoms with Gasteiger partial charge in [0, 0.05) is 0 Å². The highest BCUT2D eigenvalue weighted by atomic mass is 16.5. The first-order valence-corrected chi connectivity index (χ1v) is 4.32. The topological polar surface area (TPSA) is 34.4 Å². The Morgan fingerprint density at radius 1 is 1.69 bits per heavy atom. The summed E-state index contributed by atoms with van der Waals surface area (Å²) < 4.78 is 10.6. The molecule has 0 atom stereocenters. The Hall–Kier alpha value is -1.22. The first-order chi connectivity index (χ1) is 6.29. The van der Waals surface area contributed by atoms with Crippen molar-refractivity contribution < 1.29 is 9.15 Å². The molecule has 0 saturated heterocycles. The molecule has 3 heteroatoms. The first-order valence-electron chi connectivity index (χ1n) is 4.32. The van der Waals surface area contributed by atoms with Crippen LogP contribution in [0.25, 0.3) is 5.76 Å². The van der Waals surface area contributed by atoms with Crippen LogP contribution in [0.5, 0.6) is 0 Å². The molecule has 1 aromatic heterocycles. The van der Waals surface area contributed by atoms with Crippen LogP contribution in [-0.4, -0.2) is 13.7 Å². The first kappa shape index (κ1) is 9.86. The molecule has 72 valence electrons. The van der Waals surface area contributed by atoms with Gasteiger partial charge in [-0.25, -0.2) is 0 Å². The van der Waals surface area contributed by atoms with Gasteiger partial charge in [0.25, 0.3) is 0 Å². The van der Waals surface area contributed by atoms with Crippen LogP contribution in [0.4, 0.5) is 0 Å². The van der Waals surface area contributed by atoms with E-state index in [1.807, 2.05) is 20.0 Å². The summed E-state index contributed by atoms with van der Waals surface area (Å²) in [6, 6.07) is 1.87. The minimum atomic E-state index is 0.628. The van der Waals surface area contributed by atoms with Gasteiger partial charge in [-0.2, -0.15) is 0 Å². The Balaban J connectivity index is 2.74. The minimum absolute atomic E-state index is 0.628. The van der Waals surface area contributed by atoms with E-state index in [4.69, 9.17) is 9.15 Å². The Morgan fingerprint density at radius 3 is 3.08 bits per heavy atom. The lowest BCUT2D eigenvalue weighted by Gasteiger charge is -2.06. The van der Waals surface area contributed by atoms with Crippen LogP contribution in [0.3, 0.4) is 0 Å². The van der Waals surface area contributed by atoms with Crippen LogP contribution in [0.15, 0.2) is 23.3 Å². The number of nitrogens with one attached hydrogen (secondary N) is 1. The van der Waals surface area contributed by atoms with Gasteiger partial charge in [-0.05, 0) is 20.0 Å². The van der Waals surface area contributed by atoms with Gasteiger partial charge in [-0.1, -0.05) is 6.58 Å². The zero-order valence-electron chi connectivity index (χ0n) is 8.09. The van der Waals surface area contributed by atoms with Crippen LogP contribution >= 0.6 is 0 Å². The van der Waals surface area contributed by atoms with Crippen molar-refractivity contribution in [3.05, 3.63) is 30.2 Å². The van der Waals surface area contributed by atoms with Crippen molar-refractivity contribution in [1.29, 1.82) is 0 Å². The van der Waals surface area contributed by atoms with E-state index >= 15 is 0 Å². The van der Waals surface area contributed by atoms with E-state index in [2.05, 4.69) is 11.9 Å². The number of ether oxygens (including phenoxy) is 1. The van der Waals surface area contributed by atoms with Crippen molar-refractivity contribution >= 4 is 5.76 Å². The molecule has 1 N–H and O–H groups in total. The Morgan fingerprint density at radius 2 is 2.46 bits per heavy atom. The van der Waals surface area contributed by atoms with Crippen molar-refractivity contribution in [3.63, 3.8) is 0 Å². The zero-order valence-corrected chi connectivity index (χ0v) is 8.09. The van der Waals surface area contributed by atoms with Crippen LogP contribution in [-0.2, 0) is 11.3 Å². The molecule has 0 amide bonds. The Bertz CT molecular complexity index is 278. The Kier molecular flexibility index (Phi) is 3.58. The molecule has 0 spiro atoms. The second-order valence-corrected chi connectivity index (χ2v) is 2.64. The summed E-state index contributed by atoms with van der Waals surface area (Å²) in [5.74, 6) is 1.53. The maximum atomic E-state index is 5.29. The minimum Gasteiger partial charge on any atom is -0.494 e. The predicted molar refractivity (Wildman–Crippen MR) is 52.1 cm³/mol. The molecule has 0 unspecified atom stereocenters. The summed E-state index contributed by atoms with van der Waals surface area (Å²) in [6.07, 6.45) is 1.65. The number of hydrogen-bond acceptors (Lipinski definition) is 3. The molecule has 0 aliphatic rings. The summed E-state index contributed by atoms with van der Waals surface area (Å²) in [6.45, 7) is 7.07. The lowest BCUT2D eigenvalue weighted by atomic mass is 10.2. The predicted octanol–water partition coefficient (Wildman–Crippen LogP) is 2.01. The zero-order chi connectivity index (χ0) is 9.68. The molecule has 0 aromatic carbocycles. The SMILES string of the molecule is C=C(OCC)c1ccoc1CNC. The summed E-state index contributed by atoms with van der Waals surface area (Å²) in [5, 5.41) is 3.02. The second kappa shape index (κ2) is 4.72. The molecule has 13 heavy (non-hydrogen) atoms. The molecule has 1 aromatic rings. The third-order valence-electron chi connectivity index (χ3n) is 1.70. The molecule has 0 bridgehead atoms. The molecular weight excluding hydrogens is 166 g/mol. The number of furan rings is 1. The van der Waals surface area contributed by atoms with E-state index in [-0.39, 0.29) is 0 Å². The van der Waals surface area contributed by atoms with Crippen molar-refractivity contribution in [2.45, 2.75) is 13.5 Å². The van der Waals surface area contributed by atoms with Crippen LogP contribution < -0.4 is 5.32 Å². The molecule has 1 rings (SSSR count). The van der Waals surface area contributed by atoms with Crippen molar-refractivity contribution in [2.75, 3.05) is 13.7 Å². The van der Waals surface area contributed by atoms with Crippen LogP contribution in [0, 0.1) is 0 Å². The lowest BCUT2D eigenvalue weighted by Crippen LogP contribution is -2.06. The van der Waals surface area contributed by atoms with Gasteiger partial charge in [0.1, 0.15) is 11.5 Å². The van der Waals surface area contributed by atoms with E-state index < -0.39 is 0 Å². The molecule has 1 heterocycles. The standard InChI is InChI=1S/C10H15NO2/c1-4-12-8(2)9-5-6-13-10(9)7-11-3/h5-6,11H,2,4,7H2,1,3H3. The molecule has 0 aliphatic heterocycles. The van der Waals surface area contributed by atoms with Gasteiger partial charge < -0.3 is 14.5 Å². The summed E-state index contributed by atoms with van der Waals surface area (Å²) in [7, 11) is 1.87. The van der Waals surface area contributed by atoms with Gasteiger partial charge >= 0.3 is 0 Å². The van der Waals surface area contributed by atoms with Crippen LogP contribution in [0.2, 0.25) is 0 Å². The van der Waals surface area contributed by atoms with Crippen LogP contribution in [0.1, 0.15) is 18.2 Å². The molecule has 0 aliphatic carbocycles. The van der Waals surface area contributed by atoms with Crippen molar-refractivity contribution in [3.8, 4) is 0 Å². The highest BCUT2D eigenvalue weighted by Crippen LogP contribution is 2.19.